The van der Waals surface area contributed by atoms with Gasteiger partial charge in [0.05, 0.1) is 12.2 Å². The zero-order chi connectivity index (χ0) is 13.7. The van der Waals surface area contributed by atoms with Crippen LogP contribution in [0.4, 0.5) is 0 Å². The van der Waals surface area contributed by atoms with Crippen molar-refractivity contribution < 1.29 is 4.74 Å². The molecule has 0 amide bonds. The smallest absolute Gasteiger partial charge is 0.195 e. The summed E-state index contributed by atoms with van der Waals surface area (Å²) in [6.07, 6.45) is 1.74. The second-order valence-corrected chi connectivity index (χ2v) is 6.19. The maximum atomic E-state index is 5.69. The second kappa shape index (κ2) is 6.21. The summed E-state index contributed by atoms with van der Waals surface area (Å²) < 4.78 is 7.68. The lowest BCUT2D eigenvalue weighted by atomic mass is 10.2. The molecule has 0 bridgehead atoms. The van der Waals surface area contributed by atoms with Crippen molar-refractivity contribution in [2.45, 2.75) is 31.5 Å². The van der Waals surface area contributed by atoms with Gasteiger partial charge in [0.25, 0.3) is 0 Å². The van der Waals surface area contributed by atoms with Gasteiger partial charge in [0.2, 0.25) is 0 Å². The number of aromatic nitrogens is 3. The van der Waals surface area contributed by atoms with Crippen LogP contribution >= 0.6 is 11.8 Å². The summed E-state index contributed by atoms with van der Waals surface area (Å²) in [6.45, 7) is 6.88. The van der Waals surface area contributed by atoms with Crippen molar-refractivity contribution in [1.82, 2.24) is 14.8 Å². The lowest BCUT2D eigenvalue weighted by Crippen LogP contribution is -2.20. The molecule has 0 aliphatic heterocycles. The molecule has 0 radical (unpaired) electrons. The Labute approximate surface area is 118 Å². The van der Waals surface area contributed by atoms with Gasteiger partial charge in [0.15, 0.2) is 5.16 Å². The lowest BCUT2D eigenvalue weighted by molar-refractivity contribution is 0.00693. The van der Waals surface area contributed by atoms with Crippen LogP contribution in [0, 0.1) is 0 Å². The molecule has 0 fully saturated rings. The normalized spacial score (nSPS) is 11.7. The molecular formula is C14H19N3OS. The molecule has 2 rings (SSSR count). The zero-order valence-corrected chi connectivity index (χ0v) is 12.4. The Hall–Kier alpha value is -1.33. The van der Waals surface area contributed by atoms with Gasteiger partial charge in [-0.05, 0) is 32.9 Å². The standard InChI is InChI=1S/C14H19N3OS/c1-14(2,3)18-9-10-19-13-16-15-11-17(13)12-7-5-4-6-8-12/h4-8,11H,9-10H2,1-3H3. The van der Waals surface area contributed by atoms with Gasteiger partial charge in [0.1, 0.15) is 6.33 Å². The van der Waals surface area contributed by atoms with Crippen molar-refractivity contribution in [1.29, 1.82) is 0 Å². The minimum Gasteiger partial charge on any atom is -0.375 e. The predicted molar refractivity (Wildman–Crippen MR) is 77.8 cm³/mol. The molecule has 19 heavy (non-hydrogen) atoms. The van der Waals surface area contributed by atoms with E-state index in [1.807, 2.05) is 34.9 Å². The zero-order valence-electron chi connectivity index (χ0n) is 11.5. The van der Waals surface area contributed by atoms with Crippen LogP contribution in [0.1, 0.15) is 20.8 Å². The molecule has 1 heterocycles. The summed E-state index contributed by atoms with van der Waals surface area (Å²) in [5.74, 6) is 0.864. The Morgan fingerprint density at radius 3 is 2.63 bits per heavy atom. The Morgan fingerprint density at radius 1 is 1.21 bits per heavy atom. The number of hydrogen-bond donors (Lipinski definition) is 0. The molecule has 5 heteroatoms. The largest absolute Gasteiger partial charge is 0.375 e. The summed E-state index contributed by atoms with van der Waals surface area (Å²) in [4.78, 5) is 0. The van der Waals surface area contributed by atoms with E-state index >= 15 is 0 Å². The van der Waals surface area contributed by atoms with Gasteiger partial charge in [-0.25, -0.2) is 0 Å². The van der Waals surface area contributed by atoms with Crippen molar-refractivity contribution in [2.24, 2.45) is 0 Å². The average Bonchev–Trinajstić information content (AvgIpc) is 2.83. The number of thioether (sulfide) groups is 1. The van der Waals surface area contributed by atoms with Crippen LogP contribution in [0.25, 0.3) is 5.69 Å². The van der Waals surface area contributed by atoms with E-state index in [1.165, 1.54) is 0 Å². The Morgan fingerprint density at radius 2 is 1.95 bits per heavy atom. The molecule has 0 N–H and O–H groups in total. The first-order valence-electron chi connectivity index (χ1n) is 6.28. The van der Waals surface area contributed by atoms with Gasteiger partial charge < -0.3 is 4.74 Å². The molecule has 1 aromatic carbocycles. The van der Waals surface area contributed by atoms with Crippen LogP contribution in [-0.2, 0) is 4.74 Å². The first kappa shape index (κ1) is 14.1. The summed E-state index contributed by atoms with van der Waals surface area (Å²) in [7, 11) is 0. The molecule has 0 aliphatic rings. The molecular weight excluding hydrogens is 258 g/mol. The number of rotatable bonds is 5. The fraction of sp³-hybridized carbons (Fsp3) is 0.429. The van der Waals surface area contributed by atoms with Gasteiger partial charge >= 0.3 is 0 Å². The van der Waals surface area contributed by atoms with E-state index in [9.17, 15) is 0 Å². The second-order valence-electron chi connectivity index (χ2n) is 5.13. The third kappa shape index (κ3) is 4.36. The van der Waals surface area contributed by atoms with Crippen LogP contribution in [0.3, 0.4) is 0 Å². The quantitative estimate of drug-likeness (QED) is 0.621. The minimum atomic E-state index is -0.0896. The van der Waals surface area contributed by atoms with E-state index < -0.39 is 0 Å². The number of nitrogens with zero attached hydrogens (tertiary/aromatic N) is 3. The monoisotopic (exact) mass is 277 g/mol. The number of hydrogen-bond acceptors (Lipinski definition) is 4. The highest BCUT2D eigenvalue weighted by Crippen LogP contribution is 2.19. The van der Waals surface area contributed by atoms with Crippen molar-refractivity contribution in [2.75, 3.05) is 12.4 Å². The molecule has 0 unspecified atom stereocenters. The molecule has 1 aromatic heterocycles. The van der Waals surface area contributed by atoms with Gasteiger partial charge in [-0.1, -0.05) is 30.0 Å². The summed E-state index contributed by atoms with van der Waals surface area (Å²) in [5.41, 5.74) is 0.986. The van der Waals surface area contributed by atoms with Crippen molar-refractivity contribution in [3.8, 4) is 5.69 Å². The van der Waals surface area contributed by atoms with Crippen molar-refractivity contribution in [3.05, 3.63) is 36.7 Å². The fourth-order valence-corrected chi connectivity index (χ4v) is 2.32. The van der Waals surface area contributed by atoms with Gasteiger partial charge in [-0.3, -0.25) is 4.57 Å². The average molecular weight is 277 g/mol. The molecule has 0 spiro atoms. The topological polar surface area (TPSA) is 39.9 Å². The Kier molecular flexibility index (Phi) is 4.61. The van der Waals surface area contributed by atoms with E-state index in [2.05, 4.69) is 31.0 Å². The highest BCUT2D eigenvalue weighted by Gasteiger charge is 2.11. The summed E-state index contributed by atoms with van der Waals surface area (Å²) in [6, 6.07) is 10.1. The number of benzene rings is 1. The lowest BCUT2D eigenvalue weighted by Gasteiger charge is -2.19. The third-order valence-corrected chi connectivity index (χ3v) is 3.31. The molecule has 0 aliphatic carbocycles. The van der Waals surface area contributed by atoms with E-state index in [4.69, 9.17) is 4.74 Å². The molecule has 0 atom stereocenters. The molecule has 4 nitrogen and oxygen atoms in total. The van der Waals surface area contributed by atoms with Gasteiger partial charge in [-0.15, -0.1) is 10.2 Å². The highest BCUT2D eigenvalue weighted by atomic mass is 32.2. The van der Waals surface area contributed by atoms with E-state index in [-0.39, 0.29) is 5.60 Å². The maximum Gasteiger partial charge on any atom is 0.195 e. The minimum absolute atomic E-state index is 0.0896. The van der Waals surface area contributed by atoms with Crippen LogP contribution in [0.2, 0.25) is 0 Å². The van der Waals surface area contributed by atoms with Crippen LogP contribution in [0.15, 0.2) is 41.8 Å². The SMILES string of the molecule is CC(C)(C)OCCSc1nncn1-c1ccccc1. The van der Waals surface area contributed by atoms with Gasteiger partial charge in [0, 0.05) is 11.4 Å². The van der Waals surface area contributed by atoms with Crippen LogP contribution < -0.4 is 0 Å². The van der Waals surface area contributed by atoms with Crippen molar-refractivity contribution in [3.63, 3.8) is 0 Å². The Balaban J connectivity index is 1.94. The maximum absolute atomic E-state index is 5.69. The first-order chi connectivity index (χ1) is 9.06. The summed E-state index contributed by atoms with van der Waals surface area (Å²) >= 11 is 1.65. The third-order valence-electron chi connectivity index (χ3n) is 2.40. The molecule has 0 saturated heterocycles. The highest BCUT2D eigenvalue weighted by molar-refractivity contribution is 7.99. The fourth-order valence-electron chi connectivity index (χ4n) is 1.57. The number of ether oxygens (including phenoxy) is 1. The summed E-state index contributed by atoms with van der Waals surface area (Å²) in [5, 5.41) is 9.02. The van der Waals surface area contributed by atoms with Gasteiger partial charge in [-0.2, -0.15) is 0 Å². The first-order valence-corrected chi connectivity index (χ1v) is 7.27. The van der Waals surface area contributed by atoms with Crippen LogP contribution in [-0.4, -0.2) is 32.7 Å². The molecule has 2 aromatic rings. The molecule has 0 saturated carbocycles. The van der Waals surface area contributed by atoms with E-state index in [0.717, 1.165) is 16.6 Å². The predicted octanol–water partition coefficient (Wildman–Crippen LogP) is 3.17. The van der Waals surface area contributed by atoms with E-state index in [1.54, 1.807) is 18.1 Å². The van der Waals surface area contributed by atoms with E-state index in [0.29, 0.717) is 6.61 Å². The number of para-hydroxylation sites is 1. The molecule has 102 valence electrons. The van der Waals surface area contributed by atoms with Crippen LogP contribution in [0.5, 0.6) is 0 Å². The Bertz CT molecular complexity index is 505. The van der Waals surface area contributed by atoms with Crippen molar-refractivity contribution >= 4 is 11.8 Å².